The lowest BCUT2D eigenvalue weighted by atomic mass is 10.1. The average Bonchev–Trinajstić information content (AvgIpc) is 2.51. The first-order valence-electron chi connectivity index (χ1n) is 8.82. The van der Waals surface area contributed by atoms with E-state index in [0.717, 1.165) is 4.90 Å². The number of aliphatic carboxylic acids is 3. The Morgan fingerprint density at radius 2 is 1.27 bits per heavy atom. The summed E-state index contributed by atoms with van der Waals surface area (Å²) in [7, 11) is -9.35. The zero-order chi connectivity index (χ0) is 23.5. The molecule has 0 saturated heterocycles. The van der Waals surface area contributed by atoms with Crippen molar-refractivity contribution in [1.29, 1.82) is 0 Å². The number of rotatable bonds is 17. The van der Waals surface area contributed by atoms with Gasteiger partial charge in [0.15, 0.2) is 0 Å². The minimum atomic E-state index is -4.67. The van der Waals surface area contributed by atoms with Crippen molar-refractivity contribution in [2.45, 2.75) is 38.1 Å². The molecule has 7 N–H and O–H groups in total. The van der Waals surface area contributed by atoms with Crippen LogP contribution in [-0.2, 0) is 23.5 Å². The van der Waals surface area contributed by atoms with Crippen molar-refractivity contribution in [3.8, 4) is 0 Å². The van der Waals surface area contributed by atoms with E-state index in [1.54, 1.807) is 0 Å². The summed E-state index contributed by atoms with van der Waals surface area (Å²) in [4.78, 5) is 71.5. The third-order valence-corrected chi connectivity index (χ3v) is 5.44. The van der Waals surface area contributed by atoms with Gasteiger partial charge in [0.25, 0.3) is 0 Å². The summed E-state index contributed by atoms with van der Waals surface area (Å²) < 4.78 is 22.5. The number of carboxylic acid groups (broad SMARTS) is 3. The fraction of sp³-hybridized carbons (Fsp3) is 0.786. The van der Waals surface area contributed by atoms with E-state index in [4.69, 9.17) is 29.8 Å². The molecule has 0 aliphatic carbocycles. The summed E-state index contributed by atoms with van der Waals surface area (Å²) in [6, 6.07) is -1.48. The molecule has 30 heavy (non-hydrogen) atoms. The van der Waals surface area contributed by atoms with Gasteiger partial charge in [-0.1, -0.05) is 6.42 Å². The molecule has 1 atom stereocenters. The Morgan fingerprint density at radius 1 is 0.733 bits per heavy atom. The van der Waals surface area contributed by atoms with Crippen molar-refractivity contribution in [2.24, 2.45) is 0 Å². The van der Waals surface area contributed by atoms with Crippen LogP contribution in [0, 0.1) is 0 Å². The molecule has 0 radical (unpaired) electrons. The Labute approximate surface area is 172 Å². The van der Waals surface area contributed by atoms with Crippen LogP contribution in [0.3, 0.4) is 0 Å². The van der Waals surface area contributed by atoms with Gasteiger partial charge < -0.3 is 34.9 Å². The van der Waals surface area contributed by atoms with Gasteiger partial charge in [-0.3, -0.25) is 33.3 Å². The fourth-order valence-corrected chi connectivity index (χ4v) is 4.39. The Kier molecular flexibility index (Phi) is 12.5. The standard InChI is InChI=1S/C14H28N2O12P2/c17-12(18)4-2-1-3-5-16(11(14(21)22)8-13(19)20)7-6-15(9-29(23,24)25)10-30(26,27)28/h11H,1-10H2,(H,17,18)(H,19,20)(H,21,22)(H2,23,24,25)(H2,26,27,28). The van der Waals surface area contributed by atoms with Gasteiger partial charge in [0.2, 0.25) is 0 Å². The number of hydrogen-bond acceptors (Lipinski definition) is 7. The van der Waals surface area contributed by atoms with Crippen LogP contribution in [0.5, 0.6) is 0 Å². The molecule has 0 heterocycles. The highest BCUT2D eigenvalue weighted by Gasteiger charge is 2.30. The van der Waals surface area contributed by atoms with Crippen molar-refractivity contribution < 1.29 is 58.4 Å². The number of unbranched alkanes of at least 4 members (excludes halogenated alkanes) is 2. The molecule has 0 aromatic rings. The number of hydrogen-bond donors (Lipinski definition) is 7. The van der Waals surface area contributed by atoms with E-state index < -0.39 is 58.1 Å². The summed E-state index contributed by atoms with van der Waals surface area (Å²) in [5.74, 6) is -3.83. The summed E-state index contributed by atoms with van der Waals surface area (Å²) in [5, 5.41) is 27.0. The fourth-order valence-electron chi connectivity index (χ4n) is 2.71. The van der Waals surface area contributed by atoms with Gasteiger partial charge in [-0.05, 0) is 19.4 Å². The molecule has 0 amide bonds. The summed E-state index contributed by atoms with van der Waals surface area (Å²) >= 11 is 0. The van der Waals surface area contributed by atoms with Crippen LogP contribution in [0.2, 0.25) is 0 Å². The highest BCUT2D eigenvalue weighted by molar-refractivity contribution is 7.52. The predicted octanol–water partition coefficient (Wildman–Crippen LogP) is -0.566. The van der Waals surface area contributed by atoms with Crippen molar-refractivity contribution in [3.63, 3.8) is 0 Å². The molecule has 0 bridgehead atoms. The minimum Gasteiger partial charge on any atom is -0.481 e. The van der Waals surface area contributed by atoms with Crippen LogP contribution in [0.1, 0.15) is 32.1 Å². The summed E-state index contributed by atoms with van der Waals surface area (Å²) in [5.41, 5.74) is 0. The molecule has 0 saturated carbocycles. The van der Waals surface area contributed by atoms with Crippen LogP contribution in [0.15, 0.2) is 0 Å². The summed E-state index contributed by atoms with van der Waals surface area (Å²) in [6.45, 7) is -0.526. The van der Waals surface area contributed by atoms with Crippen molar-refractivity contribution >= 4 is 33.1 Å². The number of carbonyl (C=O) groups is 3. The second kappa shape index (κ2) is 13.1. The first kappa shape index (κ1) is 28.6. The quantitative estimate of drug-likeness (QED) is 0.102. The molecule has 16 heteroatoms. The lowest BCUT2D eigenvalue weighted by Gasteiger charge is -2.31. The maximum Gasteiger partial charge on any atom is 0.339 e. The van der Waals surface area contributed by atoms with E-state index in [1.807, 2.05) is 0 Å². The van der Waals surface area contributed by atoms with Gasteiger partial charge in [-0.2, -0.15) is 0 Å². The first-order valence-corrected chi connectivity index (χ1v) is 12.4. The van der Waals surface area contributed by atoms with E-state index >= 15 is 0 Å². The van der Waals surface area contributed by atoms with Gasteiger partial charge in [0, 0.05) is 19.5 Å². The average molecular weight is 478 g/mol. The van der Waals surface area contributed by atoms with Gasteiger partial charge in [-0.15, -0.1) is 0 Å². The van der Waals surface area contributed by atoms with Crippen LogP contribution < -0.4 is 0 Å². The number of nitrogens with zero attached hydrogens (tertiary/aromatic N) is 2. The third kappa shape index (κ3) is 15.5. The van der Waals surface area contributed by atoms with Gasteiger partial charge in [0.1, 0.15) is 18.6 Å². The van der Waals surface area contributed by atoms with E-state index in [1.165, 1.54) is 4.90 Å². The Bertz CT molecular complexity index is 652. The van der Waals surface area contributed by atoms with Crippen molar-refractivity contribution in [1.82, 2.24) is 9.80 Å². The second-order valence-corrected chi connectivity index (χ2v) is 9.92. The van der Waals surface area contributed by atoms with Gasteiger partial charge >= 0.3 is 33.1 Å². The molecule has 0 spiro atoms. The molecule has 0 fully saturated rings. The third-order valence-electron chi connectivity index (χ3n) is 3.90. The normalized spacial score (nSPS) is 13.5. The molecular formula is C14H28N2O12P2. The van der Waals surface area contributed by atoms with E-state index in [-0.39, 0.29) is 26.1 Å². The Hall–Kier alpha value is -1.37. The van der Waals surface area contributed by atoms with Gasteiger partial charge in [-0.25, -0.2) is 0 Å². The van der Waals surface area contributed by atoms with Crippen molar-refractivity contribution in [3.05, 3.63) is 0 Å². The lowest BCUT2D eigenvalue weighted by molar-refractivity contribution is -0.150. The monoisotopic (exact) mass is 478 g/mol. The molecule has 0 aromatic carbocycles. The van der Waals surface area contributed by atoms with Gasteiger partial charge in [0.05, 0.1) is 6.42 Å². The molecule has 1 unspecified atom stereocenters. The van der Waals surface area contributed by atoms with E-state index in [2.05, 4.69) is 0 Å². The van der Waals surface area contributed by atoms with E-state index in [0.29, 0.717) is 19.3 Å². The van der Waals surface area contributed by atoms with Crippen LogP contribution in [-0.4, -0.2) is 101 Å². The van der Waals surface area contributed by atoms with Crippen LogP contribution >= 0.6 is 15.2 Å². The molecule has 0 aliphatic rings. The molecule has 0 rings (SSSR count). The lowest BCUT2D eigenvalue weighted by Crippen LogP contribution is -2.46. The molecule has 0 aliphatic heterocycles. The maximum absolute atomic E-state index is 11.5. The predicted molar refractivity (Wildman–Crippen MR) is 102 cm³/mol. The molecule has 176 valence electrons. The molecule has 0 aromatic heterocycles. The second-order valence-electron chi connectivity index (χ2n) is 6.70. The highest BCUT2D eigenvalue weighted by atomic mass is 31.2. The zero-order valence-electron chi connectivity index (χ0n) is 16.1. The molecular weight excluding hydrogens is 450 g/mol. The van der Waals surface area contributed by atoms with Crippen LogP contribution in [0.25, 0.3) is 0 Å². The summed E-state index contributed by atoms with van der Waals surface area (Å²) in [6.07, 6.45) is -1.73. The largest absolute Gasteiger partial charge is 0.481 e. The topological polar surface area (TPSA) is 233 Å². The highest BCUT2D eigenvalue weighted by Crippen LogP contribution is 2.40. The maximum atomic E-state index is 11.5. The van der Waals surface area contributed by atoms with Crippen molar-refractivity contribution in [2.75, 3.05) is 32.2 Å². The SMILES string of the molecule is O=C(O)CCCCCN(CCN(CP(=O)(O)O)CP(=O)(O)O)C(CC(=O)O)C(=O)O. The minimum absolute atomic E-state index is 0.0452. The van der Waals surface area contributed by atoms with Crippen LogP contribution in [0.4, 0.5) is 0 Å². The smallest absolute Gasteiger partial charge is 0.339 e. The Balaban J connectivity index is 5.26. The molecule has 14 nitrogen and oxygen atoms in total. The number of carboxylic acids is 3. The first-order chi connectivity index (χ1) is 13.6. The Morgan fingerprint density at radius 3 is 1.67 bits per heavy atom. The van der Waals surface area contributed by atoms with E-state index in [9.17, 15) is 28.6 Å². The zero-order valence-corrected chi connectivity index (χ0v) is 17.9.